The fraction of sp³-hybridized carbons (Fsp3) is 0.581. The van der Waals surface area contributed by atoms with Crippen LogP contribution >= 0.6 is 23.2 Å². The number of ketones is 1. The molecule has 2 aliphatic heterocycles. The van der Waals surface area contributed by atoms with Crippen molar-refractivity contribution in [2.24, 2.45) is 0 Å². The number of pyridine rings is 2. The second-order valence-corrected chi connectivity index (χ2v) is 13.0. The molecule has 0 spiro atoms. The number of anilines is 1. The van der Waals surface area contributed by atoms with Crippen LogP contribution < -0.4 is 5.32 Å². The van der Waals surface area contributed by atoms with Crippen molar-refractivity contribution in [1.82, 2.24) is 9.97 Å². The standard InChI is InChI=1S/C15H21ClN2O4.C11H14ClNO2.C5H8O2/c1-14(2,3)22-13(19)18-11-9-17-12(16)8-10(11)15(20)4-6-21-7-5-15;1-11(2,3)15-10(14)6-8-4-5-9(12)13-7-8;6-5-1-3-7-4-2-5/h8-9,20H,4-7H2,1-3H3,(H,18,19);4-5,7H,6H2,1-3H3;1-4H2. The van der Waals surface area contributed by atoms with Crippen LogP contribution in [0.1, 0.15) is 78.4 Å². The zero-order valence-corrected chi connectivity index (χ0v) is 27.7. The van der Waals surface area contributed by atoms with E-state index in [0.717, 1.165) is 5.56 Å². The van der Waals surface area contributed by atoms with E-state index < -0.39 is 22.9 Å². The molecule has 1 amide bonds. The summed E-state index contributed by atoms with van der Waals surface area (Å²) in [7, 11) is 0. The molecular weight excluding hydrogens is 613 g/mol. The highest BCUT2D eigenvalue weighted by Gasteiger charge is 2.35. The Bertz CT molecular complexity index is 1230. The van der Waals surface area contributed by atoms with E-state index in [4.69, 9.17) is 42.1 Å². The van der Waals surface area contributed by atoms with Gasteiger partial charge in [0.1, 0.15) is 27.3 Å². The Balaban J connectivity index is 0.000000263. The summed E-state index contributed by atoms with van der Waals surface area (Å²) in [5, 5.41) is 14.1. The fourth-order valence-corrected chi connectivity index (χ4v) is 4.23. The minimum atomic E-state index is -1.10. The highest BCUT2D eigenvalue weighted by molar-refractivity contribution is 6.29. The molecular formula is C31H43Cl2N3O8. The molecule has 13 heteroatoms. The van der Waals surface area contributed by atoms with Crippen molar-refractivity contribution in [3.8, 4) is 0 Å². The predicted molar refractivity (Wildman–Crippen MR) is 167 cm³/mol. The first kappa shape index (κ1) is 37.4. The number of esters is 1. The lowest BCUT2D eigenvalue weighted by Gasteiger charge is -2.34. The fourth-order valence-electron chi connectivity index (χ4n) is 3.96. The third-order valence-electron chi connectivity index (χ3n) is 5.94. The maximum atomic E-state index is 12.0. The minimum absolute atomic E-state index is 0.224. The second-order valence-electron chi connectivity index (χ2n) is 12.2. The molecule has 0 saturated carbocycles. The molecule has 2 N–H and O–H groups in total. The number of amides is 1. The zero-order valence-electron chi connectivity index (χ0n) is 26.2. The van der Waals surface area contributed by atoms with E-state index in [1.165, 1.54) is 6.20 Å². The van der Waals surface area contributed by atoms with Crippen LogP contribution in [-0.4, -0.2) is 70.5 Å². The Morgan fingerprint density at radius 1 is 0.909 bits per heavy atom. The van der Waals surface area contributed by atoms with E-state index in [9.17, 15) is 19.5 Å². The molecule has 2 aromatic rings. The number of halogens is 2. The Kier molecular flexibility index (Phi) is 14.5. The predicted octanol–water partition coefficient (Wildman–Crippen LogP) is 6.07. The molecule has 244 valence electrons. The highest BCUT2D eigenvalue weighted by Crippen LogP contribution is 2.37. The van der Waals surface area contributed by atoms with Crippen LogP contribution in [-0.2, 0) is 40.6 Å². The Labute approximate surface area is 268 Å². The first-order valence-corrected chi connectivity index (χ1v) is 15.1. The van der Waals surface area contributed by atoms with Crippen LogP contribution in [0.3, 0.4) is 0 Å². The van der Waals surface area contributed by atoms with Gasteiger partial charge in [0.25, 0.3) is 0 Å². The number of carbonyl (C=O) groups is 3. The molecule has 2 aromatic heterocycles. The van der Waals surface area contributed by atoms with Crippen LogP contribution in [0.2, 0.25) is 10.3 Å². The number of aliphatic hydroxyl groups is 1. The number of rotatable bonds is 4. The number of ether oxygens (including phenoxy) is 4. The van der Waals surface area contributed by atoms with E-state index in [0.29, 0.717) is 74.3 Å². The smallest absolute Gasteiger partial charge is 0.412 e. The Morgan fingerprint density at radius 3 is 1.98 bits per heavy atom. The summed E-state index contributed by atoms with van der Waals surface area (Å²) in [6.45, 7) is 13.0. The number of nitrogens with zero attached hydrogens (tertiary/aromatic N) is 2. The van der Waals surface area contributed by atoms with Gasteiger partial charge in [-0.05, 0) is 59.2 Å². The van der Waals surface area contributed by atoms with E-state index >= 15 is 0 Å². The summed E-state index contributed by atoms with van der Waals surface area (Å²) >= 11 is 11.6. The quantitative estimate of drug-likeness (QED) is 0.294. The summed E-state index contributed by atoms with van der Waals surface area (Å²) in [6.07, 6.45) is 4.73. The Morgan fingerprint density at radius 2 is 1.48 bits per heavy atom. The van der Waals surface area contributed by atoms with Gasteiger partial charge in [0.05, 0.1) is 37.1 Å². The zero-order chi connectivity index (χ0) is 33.0. The van der Waals surface area contributed by atoms with Crippen molar-refractivity contribution < 1.29 is 38.4 Å². The number of Topliss-reactive ketones (excluding diaryl/α,β-unsaturated/α-hetero) is 1. The van der Waals surface area contributed by atoms with Gasteiger partial charge in [-0.2, -0.15) is 0 Å². The van der Waals surface area contributed by atoms with Crippen molar-refractivity contribution in [2.75, 3.05) is 31.7 Å². The maximum Gasteiger partial charge on any atom is 0.412 e. The van der Waals surface area contributed by atoms with Gasteiger partial charge in [0, 0.05) is 50.7 Å². The molecule has 2 aliphatic rings. The molecule has 0 aromatic carbocycles. The average Bonchev–Trinajstić information content (AvgIpc) is 2.90. The minimum Gasteiger partial charge on any atom is -0.460 e. The van der Waals surface area contributed by atoms with Crippen LogP contribution in [0.4, 0.5) is 10.5 Å². The number of nitrogens with one attached hydrogen (secondary N) is 1. The summed E-state index contributed by atoms with van der Waals surface area (Å²) in [6, 6.07) is 4.99. The molecule has 0 unspecified atom stereocenters. The average molecular weight is 657 g/mol. The van der Waals surface area contributed by atoms with E-state index in [-0.39, 0.29) is 17.5 Å². The van der Waals surface area contributed by atoms with E-state index in [1.54, 1.807) is 45.2 Å². The SMILES string of the molecule is CC(C)(C)OC(=O)Cc1ccc(Cl)nc1.CC(C)(C)OC(=O)Nc1cnc(Cl)cc1C1(O)CCOCC1.O=C1CCOCC1. The van der Waals surface area contributed by atoms with Crippen LogP contribution in [0.25, 0.3) is 0 Å². The number of aromatic nitrogens is 2. The van der Waals surface area contributed by atoms with Gasteiger partial charge < -0.3 is 24.1 Å². The Hall–Kier alpha value is -2.83. The monoisotopic (exact) mass is 655 g/mol. The normalized spacial score (nSPS) is 16.3. The lowest BCUT2D eigenvalue weighted by atomic mass is 9.86. The van der Waals surface area contributed by atoms with Crippen molar-refractivity contribution in [3.63, 3.8) is 0 Å². The first-order valence-electron chi connectivity index (χ1n) is 14.3. The number of carbonyl (C=O) groups excluding carboxylic acids is 3. The van der Waals surface area contributed by atoms with Gasteiger partial charge in [0.15, 0.2) is 0 Å². The van der Waals surface area contributed by atoms with Crippen molar-refractivity contribution in [3.05, 3.63) is 52.0 Å². The van der Waals surface area contributed by atoms with Gasteiger partial charge in [-0.1, -0.05) is 29.3 Å². The molecule has 4 rings (SSSR count). The number of hydrogen-bond acceptors (Lipinski definition) is 10. The lowest BCUT2D eigenvalue weighted by molar-refractivity contribution is -0.153. The molecule has 0 radical (unpaired) electrons. The molecule has 2 saturated heterocycles. The summed E-state index contributed by atoms with van der Waals surface area (Å²) in [5.41, 5.74) is -0.440. The maximum absolute atomic E-state index is 12.0. The molecule has 11 nitrogen and oxygen atoms in total. The summed E-state index contributed by atoms with van der Waals surface area (Å²) in [5.74, 6) is 0.0814. The van der Waals surface area contributed by atoms with Crippen molar-refractivity contribution in [2.45, 2.75) is 90.4 Å². The largest absolute Gasteiger partial charge is 0.460 e. The first-order chi connectivity index (χ1) is 20.5. The molecule has 4 heterocycles. The molecule has 2 fully saturated rings. The lowest BCUT2D eigenvalue weighted by Crippen LogP contribution is -2.35. The third kappa shape index (κ3) is 14.8. The van der Waals surface area contributed by atoms with Crippen LogP contribution in [0.15, 0.2) is 30.6 Å². The summed E-state index contributed by atoms with van der Waals surface area (Å²) in [4.78, 5) is 41.6. The second kappa shape index (κ2) is 17.0. The van der Waals surface area contributed by atoms with Gasteiger partial charge in [-0.15, -0.1) is 0 Å². The molecule has 44 heavy (non-hydrogen) atoms. The van der Waals surface area contributed by atoms with Crippen LogP contribution in [0, 0.1) is 0 Å². The van der Waals surface area contributed by atoms with Gasteiger partial charge in [0.2, 0.25) is 0 Å². The van der Waals surface area contributed by atoms with Crippen molar-refractivity contribution >= 4 is 46.7 Å². The van der Waals surface area contributed by atoms with Gasteiger partial charge in [-0.25, -0.2) is 14.8 Å². The van der Waals surface area contributed by atoms with E-state index in [2.05, 4.69) is 15.3 Å². The number of hydrogen-bond donors (Lipinski definition) is 2. The third-order valence-corrected chi connectivity index (χ3v) is 6.37. The van der Waals surface area contributed by atoms with Crippen molar-refractivity contribution in [1.29, 1.82) is 0 Å². The summed E-state index contributed by atoms with van der Waals surface area (Å²) < 4.78 is 20.6. The molecule has 0 atom stereocenters. The molecule has 0 aliphatic carbocycles. The highest BCUT2D eigenvalue weighted by atomic mass is 35.5. The van der Waals surface area contributed by atoms with Gasteiger partial charge >= 0.3 is 12.1 Å². The molecule has 0 bridgehead atoms. The topological polar surface area (TPSA) is 146 Å². The van der Waals surface area contributed by atoms with Crippen LogP contribution in [0.5, 0.6) is 0 Å². The van der Waals surface area contributed by atoms with E-state index in [1.807, 2.05) is 20.8 Å². The van der Waals surface area contributed by atoms with Gasteiger partial charge in [-0.3, -0.25) is 14.9 Å².